The van der Waals surface area contributed by atoms with Gasteiger partial charge in [0, 0.05) is 0 Å². The van der Waals surface area contributed by atoms with Crippen molar-refractivity contribution in [2.24, 2.45) is 0 Å². The molecule has 0 aliphatic carbocycles. The van der Waals surface area contributed by atoms with Crippen LogP contribution in [0.25, 0.3) is 10.8 Å². The van der Waals surface area contributed by atoms with Gasteiger partial charge in [-0.15, -0.1) is 0 Å². The van der Waals surface area contributed by atoms with Crippen LogP contribution in [0.3, 0.4) is 0 Å². The second-order valence-corrected chi connectivity index (χ2v) is 4.12. The highest BCUT2D eigenvalue weighted by atomic mass is 35.5. The lowest BCUT2D eigenvalue weighted by Crippen LogP contribution is -1.92. The van der Waals surface area contributed by atoms with Gasteiger partial charge in [0.05, 0.1) is 30.0 Å². The summed E-state index contributed by atoms with van der Waals surface area (Å²) in [5.41, 5.74) is 0.795. The molecule has 0 atom stereocenters. The van der Waals surface area contributed by atoms with Crippen LogP contribution in [-0.4, -0.2) is 19.3 Å². The summed E-state index contributed by atoms with van der Waals surface area (Å²) in [4.78, 5) is 0. The van der Waals surface area contributed by atoms with E-state index in [-0.39, 0.29) is 5.75 Å². The van der Waals surface area contributed by atoms with Crippen molar-refractivity contribution < 1.29 is 14.6 Å². The van der Waals surface area contributed by atoms with Gasteiger partial charge in [0.25, 0.3) is 0 Å². The largest absolute Gasteiger partial charge is 0.507 e. The first-order chi connectivity index (χ1) is 8.10. The number of aromatic hydroxyl groups is 1. The van der Waals surface area contributed by atoms with Crippen molar-refractivity contribution in [2.45, 2.75) is 6.92 Å². The monoisotopic (exact) mass is 252 g/mol. The van der Waals surface area contributed by atoms with E-state index in [0.29, 0.717) is 27.3 Å². The summed E-state index contributed by atoms with van der Waals surface area (Å²) in [7, 11) is 3.12. The van der Waals surface area contributed by atoms with Crippen LogP contribution in [0.2, 0.25) is 5.02 Å². The van der Waals surface area contributed by atoms with Crippen LogP contribution in [0.4, 0.5) is 0 Å². The van der Waals surface area contributed by atoms with Gasteiger partial charge in [-0.3, -0.25) is 0 Å². The standard InChI is InChI=1S/C13H13ClO3/c1-7-6-8(15)11-9(16-2)4-5-10(17-3)12(11)13(7)14/h4-6,15H,1-3H3. The maximum absolute atomic E-state index is 10.0. The molecule has 0 radical (unpaired) electrons. The fourth-order valence-electron chi connectivity index (χ4n) is 1.91. The zero-order chi connectivity index (χ0) is 12.6. The highest BCUT2D eigenvalue weighted by molar-refractivity contribution is 6.37. The molecule has 0 spiro atoms. The van der Waals surface area contributed by atoms with Gasteiger partial charge in [0.2, 0.25) is 0 Å². The minimum absolute atomic E-state index is 0.137. The lowest BCUT2D eigenvalue weighted by Gasteiger charge is -2.13. The zero-order valence-corrected chi connectivity index (χ0v) is 10.6. The van der Waals surface area contributed by atoms with Crippen LogP contribution in [0, 0.1) is 6.92 Å². The number of fused-ring (bicyclic) bond motifs is 1. The van der Waals surface area contributed by atoms with Crippen molar-refractivity contribution in [1.82, 2.24) is 0 Å². The van der Waals surface area contributed by atoms with Crippen molar-refractivity contribution in [3.8, 4) is 17.2 Å². The Morgan fingerprint density at radius 1 is 1.06 bits per heavy atom. The number of benzene rings is 2. The minimum Gasteiger partial charge on any atom is -0.507 e. The van der Waals surface area contributed by atoms with Gasteiger partial charge in [-0.25, -0.2) is 0 Å². The van der Waals surface area contributed by atoms with Crippen LogP contribution in [0.1, 0.15) is 5.56 Å². The van der Waals surface area contributed by atoms with E-state index < -0.39 is 0 Å². The molecule has 0 saturated heterocycles. The summed E-state index contributed by atoms with van der Waals surface area (Å²) in [6.07, 6.45) is 0. The molecule has 0 saturated carbocycles. The zero-order valence-electron chi connectivity index (χ0n) is 9.87. The Hall–Kier alpha value is -1.61. The van der Waals surface area contributed by atoms with Gasteiger partial charge in [-0.05, 0) is 30.7 Å². The van der Waals surface area contributed by atoms with E-state index in [1.54, 1.807) is 32.4 Å². The van der Waals surface area contributed by atoms with Crippen molar-refractivity contribution in [3.05, 3.63) is 28.8 Å². The predicted octanol–water partition coefficient (Wildman–Crippen LogP) is 3.52. The van der Waals surface area contributed by atoms with E-state index >= 15 is 0 Å². The summed E-state index contributed by atoms with van der Waals surface area (Å²) >= 11 is 6.26. The molecule has 2 rings (SSSR count). The third-order valence-corrected chi connectivity index (χ3v) is 3.23. The topological polar surface area (TPSA) is 38.7 Å². The lowest BCUT2D eigenvalue weighted by molar-refractivity contribution is 0.407. The molecule has 17 heavy (non-hydrogen) atoms. The van der Waals surface area contributed by atoms with E-state index in [1.165, 1.54) is 0 Å². The van der Waals surface area contributed by atoms with Gasteiger partial charge in [0.15, 0.2) is 0 Å². The maximum atomic E-state index is 10.0. The molecule has 0 aliphatic heterocycles. The number of rotatable bonds is 2. The number of phenols is 1. The van der Waals surface area contributed by atoms with Crippen LogP contribution in [0.5, 0.6) is 17.2 Å². The molecule has 90 valence electrons. The first-order valence-corrected chi connectivity index (χ1v) is 5.50. The average Bonchev–Trinajstić information content (AvgIpc) is 2.34. The minimum atomic E-state index is 0.137. The van der Waals surface area contributed by atoms with Gasteiger partial charge in [-0.2, -0.15) is 0 Å². The van der Waals surface area contributed by atoms with Crippen molar-refractivity contribution in [3.63, 3.8) is 0 Å². The lowest BCUT2D eigenvalue weighted by atomic mass is 10.0. The summed E-state index contributed by atoms with van der Waals surface area (Å²) < 4.78 is 10.5. The van der Waals surface area contributed by atoms with Gasteiger partial charge < -0.3 is 14.6 Å². The smallest absolute Gasteiger partial charge is 0.130 e. The molecule has 0 aromatic heterocycles. The molecule has 1 N–H and O–H groups in total. The van der Waals surface area contributed by atoms with Crippen LogP contribution >= 0.6 is 11.6 Å². The SMILES string of the molecule is COc1ccc(OC)c2c(Cl)c(C)cc(O)c12. The Balaban J connectivity index is 3.00. The van der Waals surface area contributed by atoms with Gasteiger partial charge in [-0.1, -0.05) is 11.6 Å². The summed E-state index contributed by atoms with van der Waals surface area (Å²) in [5, 5.41) is 11.8. The van der Waals surface area contributed by atoms with E-state index in [2.05, 4.69) is 0 Å². The maximum Gasteiger partial charge on any atom is 0.130 e. The molecular weight excluding hydrogens is 240 g/mol. The quantitative estimate of drug-likeness (QED) is 0.889. The van der Waals surface area contributed by atoms with Crippen molar-refractivity contribution in [1.29, 1.82) is 0 Å². The Morgan fingerprint density at radius 2 is 1.59 bits per heavy atom. The fourth-order valence-corrected chi connectivity index (χ4v) is 2.16. The second-order valence-electron chi connectivity index (χ2n) is 3.75. The van der Waals surface area contributed by atoms with Crippen LogP contribution < -0.4 is 9.47 Å². The predicted molar refractivity (Wildman–Crippen MR) is 68.5 cm³/mol. The number of hydrogen-bond acceptors (Lipinski definition) is 3. The number of ether oxygens (including phenoxy) is 2. The summed E-state index contributed by atoms with van der Waals surface area (Å²) in [5.74, 6) is 1.32. The van der Waals surface area contributed by atoms with Crippen LogP contribution in [-0.2, 0) is 0 Å². The first-order valence-electron chi connectivity index (χ1n) is 5.13. The number of phenolic OH excluding ortho intramolecular Hbond substituents is 1. The first kappa shape index (κ1) is 11.9. The molecule has 2 aromatic carbocycles. The normalized spacial score (nSPS) is 10.6. The number of hydrogen-bond donors (Lipinski definition) is 1. The molecule has 0 unspecified atom stereocenters. The highest BCUT2D eigenvalue weighted by Gasteiger charge is 2.16. The molecule has 2 aromatic rings. The third kappa shape index (κ3) is 1.76. The molecular formula is C13H13ClO3. The Labute approximate surface area is 105 Å². The molecule has 3 nitrogen and oxygen atoms in total. The summed E-state index contributed by atoms with van der Waals surface area (Å²) in [6.45, 7) is 1.83. The van der Waals surface area contributed by atoms with E-state index in [0.717, 1.165) is 5.56 Å². The fraction of sp³-hybridized carbons (Fsp3) is 0.231. The van der Waals surface area contributed by atoms with Gasteiger partial charge >= 0.3 is 0 Å². The molecule has 0 aliphatic rings. The number of aryl methyl sites for hydroxylation is 1. The second kappa shape index (κ2) is 4.34. The van der Waals surface area contributed by atoms with Crippen molar-refractivity contribution >= 4 is 22.4 Å². The van der Waals surface area contributed by atoms with E-state index in [1.807, 2.05) is 6.92 Å². The summed E-state index contributed by atoms with van der Waals surface area (Å²) in [6, 6.07) is 5.13. The van der Waals surface area contributed by atoms with Crippen LogP contribution in [0.15, 0.2) is 18.2 Å². The average molecular weight is 253 g/mol. The Morgan fingerprint density at radius 3 is 2.12 bits per heavy atom. The third-order valence-electron chi connectivity index (χ3n) is 2.74. The molecule has 4 heteroatoms. The Kier molecular flexibility index (Phi) is 3.03. The molecule has 0 amide bonds. The molecule has 0 bridgehead atoms. The molecule has 0 fully saturated rings. The van der Waals surface area contributed by atoms with E-state index in [4.69, 9.17) is 21.1 Å². The van der Waals surface area contributed by atoms with E-state index in [9.17, 15) is 5.11 Å². The Bertz CT molecular complexity index is 579. The van der Waals surface area contributed by atoms with Crippen molar-refractivity contribution in [2.75, 3.05) is 14.2 Å². The van der Waals surface area contributed by atoms with Gasteiger partial charge in [0.1, 0.15) is 17.2 Å². The number of methoxy groups -OCH3 is 2. The number of halogens is 1. The highest BCUT2D eigenvalue weighted by Crippen LogP contribution is 2.43. The molecule has 0 heterocycles.